The van der Waals surface area contributed by atoms with Crippen molar-refractivity contribution in [3.63, 3.8) is 0 Å². The van der Waals surface area contributed by atoms with Crippen LogP contribution >= 0.6 is 0 Å². The summed E-state index contributed by atoms with van der Waals surface area (Å²) >= 11 is 0. The largest absolute Gasteiger partial charge is 0.402 e. The second-order valence-corrected chi connectivity index (χ2v) is 5.87. The minimum absolute atomic E-state index is 0.422. The van der Waals surface area contributed by atoms with E-state index >= 15 is 0 Å². The second-order valence-electron chi connectivity index (χ2n) is 5.87. The predicted octanol–water partition coefficient (Wildman–Crippen LogP) is 1.85. The van der Waals surface area contributed by atoms with E-state index in [-0.39, 0.29) is 0 Å². The van der Waals surface area contributed by atoms with Crippen LogP contribution in [0.5, 0.6) is 0 Å². The Morgan fingerprint density at radius 3 is 3.04 bits per heavy atom. The molecular weight excluding hydrogens is 328 g/mol. The molecule has 3 N–H and O–H groups in total. The average Bonchev–Trinajstić information content (AvgIpc) is 3.04. The fraction of sp³-hybridized carbons (Fsp3) is 0.111. The highest BCUT2D eigenvalue weighted by Crippen LogP contribution is 2.16. The first-order valence-electron chi connectivity index (χ1n) is 8.07. The van der Waals surface area contributed by atoms with E-state index in [9.17, 15) is 0 Å². The van der Waals surface area contributed by atoms with Gasteiger partial charge >= 0.3 is 0 Å². The first-order valence-corrected chi connectivity index (χ1v) is 8.07. The summed E-state index contributed by atoms with van der Waals surface area (Å²) in [5.41, 5.74) is 10.2. The molecule has 0 bridgehead atoms. The van der Waals surface area contributed by atoms with E-state index < -0.39 is 0 Å². The molecule has 128 valence electrons. The second kappa shape index (κ2) is 6.67. The van der Waals surface area contributed by atoms with Crippen molar-refractivity contribution in [2.45, 2.75) is 13.0 Å². The number of hydrogen-bond acceptors (Lipinski definition) is 7. The quantitative estimate of drug-likeness (QED) is 0.533. The fourth-order valence-electron chi connectivity index (χ4n) is 2.75. The van der Waals surface area contributed by atoms with Crippen LogP contribution in [0, 0.1) is 5.41 Å². The normalized spacial score (nSPS) is 11.9. The monoisotopic (exact) mass is 344 g/mol. The molecule has 3 heterocycles. The van der Waals surface area contributed by atoms with Gasteiger partial charge in [0.1, 0.15) is 0 Å². The molecule has 0 aliphatic rings. The Kier molecular flexibility index (Phi) is 4.06. The Hall–Kier alpha value is -3.68. The molecule has 4 aromatic rings. The maximum Gasteiger partial charge on any atom is 0.221 e. The number of benzene rings is 1. The van der Waals surface area contributed by atoms with Crippen LogP contribution in [0.1, 0.15) is 11.3 Å². The standard InChI is InChI=1S/C18H16N8/c19-6-5-14(20)9-15-10-22-17-18(23-15)26(25-24-17)11-12-3-4-16-13(8-12)2-1-7-21-16/h1-8,10,19H,9,11,20H2. The van der Waals surface area contributed by atoms with Gasteiger partial charge in [0.25, 0.3) is 0 Å². The zero-order chi connectivity index (χ0) is 17.9. The molecule has 0 radical (unpaired) electrons. The van der Waals surface area contributed by atoms with Crippen LogP contribution in [0.4, 0.5) is 0 Å². The van der Waals surface area contributed by atoms with Gasteiger partial charge in [0.05, 0.1) is 24.0 Å². The Morgan fingerprint density at radius 2 is 2.15 bits per heavy atom. The zero-order valence-corrected chi connectivity index (χ0v) is 13.9. The van der Waals surface area contributed by atoms with E-state index in [1.54, 1.807) is 17.1 Å². The average molecular weight is 344 g/mol. The van der Waals surface area contributed by atoms with Gasteiger partial charge in [-0.2, -0.15) is 0 Å². The van der Waals surface area contributed by atoms with Crippen molar-refractivity contribution < 1.29 is 0 Å². The van der Waals surface area contributed by atoms with Crippen LogP contribution in [0.15, 0.2) is 54.5 Å². The zero-order valence-electron chi connectivity index (χ0n) is 13.9. The van der Waals surface area contributed by atoms with Crippen molar-refractivity contribution in [2.24, 2.45) is 5.73 Å². The number of nitrogens with one attached hydrogen (secondary N) is 1. The summed E-state index contributed by atoms with van der Waals surface area (Å²) in [6.07, 6.45) is 6.52. The van der Waals surface area contributed by atoms with Gasteiger partial charge in [-0.15, -0.1) is 5.10 Å². The third kappa shape index (κ3) is 3.12. The minimum atomic E-state index is 0.422. The summed E-state index contributed by atoms with van der Waals surface area (Å²) in [6.45, 7) is 0.533. The van der Waals surface area contributed by atoms with E-state index in [0.29, 0.717) is 35.7 Å². The Labute approximate surface area is 148 Å². The molecule has 0 atom stereocenters. The summed E-state index contributed by atoms with van der Waals surface area (Å²) in [4.78, 5) is 13.2. The number of nitrogens with zero attached hydrogens (tertiary/aromatic N) is 6. The van der Waals surface area contributed by atoms with Crippen molar-refractivity contribution in [1.29, 1.82) is 5.41 Å². The third-order valence-corrected chi connectivity index (χ3v) is 3.96. The summed E-state index contributed by atoms with van der Waals surface area (Å²) in [6, 6.07) is 10.0. The predicted molar refractivity (Wildman–Crippen MR) is 98.7 cm³/mol. The van der Waals surface area contributed by atoms with E-state index in [0.717, 1.165) is 22.7 Å². The highest BCUT2D eigenvalue weighted by Gasteiger charge is 2.10. The number of rotatable bonds is 5. The van der Waals surface area contributed by atoms with Gasteiger partial charge in [-0.3, -0.25) is 4.98 Å². The van der Waals surface area contributed by atoms with E-state index in [1.165, 1.54) is 6.08 Å². The number of fused-ring (bicyclic) bond motifs is 2. The lowest BCUT2D eigenvalue weighted by molar-refractivity contribution is 0.663. The Balaban J connectivity index is 1.66. The third-order valence-electron chi connectivity index (χ3n) is 3.96. The number of pyridine rings is 1. The lowest BCUT2D eigenvalue weighted by Crippen LogP contribution is -2.07. The van der Waals surface area contributed by atoms with Gasteiger partial charge in [0.2, 0.25) is 5.65 Å². The molecule has 3 aromatic heterocycles. The van der Waals surface area contributed by atoms with Crippen molar-refractivity contribution in [3.05, 3.63) is 65.8 Å². The molecule has 4 rings (SSSR count). The summed E-state index contributed by atoms with van der Waals surface area (Å²) in [5, 5.41) is 16.4. The number of allylic oxidation sites excluding steroid dienone is 2. The minimum Gasteiger partial charge on any atom is -0.402 e. The molecule has 0 aliphatic heterocycles. The molecule has 0 amide bonds. The van der Waals surface area contributed by atoms with Crippen LogP contribution in [0.25, 0.3) is 22.2 Å². The topological polar surface area (TPSA) is 119 Å². The van der Waals surface area contributed by atoms with Crippen LogP contribution in [0.3, 0.4) is 0 Å². The van der Waals surface area contributed by atoms with Gasteiger partial charge in [-0.1, -0.05) is 17.3 Å². The molecule has 8 heteroatoms. The Bertz CT molecular complexity index is 1130. The van der Waals surface area contributed by atoms with Gasteiger partial charge in [0.15, 0.2) is 5.65 Å². The maximum absolute atomic E-state index is 7.08. The van der Waals surface area contributed by atoms with Crippen molar-refractivity contribution in [1.82, 2.24) is 29.9 Å². The van der Waals surface area contributed by atoms with Crippen LogP contribution in [-0.2, 0) is 13.0 Å². The number of nitrogens with two attached hydrogens (primary N) is 1. The summed E-state index contributed by atoms with van der Waals surface area (Å²) < 4.78 is 1.72. The highest BCUT2D eigenvalue weighted by molar-refractivity contribution is 5.79. The molecule has 0 fully saturated rings. The fourth-order valence-corrected chi connectivity index (χ4v) is 2.75. The maximum atomic E-state index is 7.08. The molecule has 0 saturated carbocycles. The van der Waals surface area contributed by atoms with Crippen molar-refractivity contribution in [3.8, 4) is 0 Å². The van der Waals surface area contributed by atoms with Crippen molar-refractivity contribution in [2.75, 3.05) is 0 Å². The van der Waals surface area contributed by atoms with Gasteiger partial charge < -0.3 is 11.1 Å². The first-order chi connectivity index (χ1) is 12.7. The van der Waals surface area contributed by atoms with Crippen molar-refractivity contribution >= 4 is 28.4 Å². The summed E-state index contributed by atoms with van der Waals surface area (Å²) in [5.74, 6) is 0. The van der Waals surface area contributed by atoms with Gasteiger partial charge in [0, 0.05) is 29.9 Å². The van der Waals surface area contributed by atoms with E-state index in [4.69, 9.17) is 11.1 Å². The molecule has 8 nitrogen and oxygen atoms in total. The van der Waals surface area contributed by atoms with Crippen LogP contribution in [-0.4, -0.2) is 36.2 Å². The lowest BCUT2D eigenvalue weighted by Gasteiger charge is -2.05. The molecule has 26 heavy (non-hydrogen) atoms. The van der Waals surface area contributed by atoms with Gasteiger partial charge in [-0.05, 0) is 29.8 Å². The molecule has 0 aliphatic carbocycles. The molecule has 0 saturated heterocycles. The van der Waals surface area contributed by atoms with E-state index in [1.807, 2.05) is 24.3 Å². The van der Waals surface area contributed by atoms with Crippen LogP contribution in [0.2, 0.25) is 0 Å². The number of aromatic nitrogens is 6. The molecule has 0 unspecified atom stereocenters. The lowest BCUT2D eigenvalue weighted by atomic mass is 10.1. The van der Waals surface area contributed by atoms with E-state index in [2.05, 4.69) is 31.3 Å². The summed E-state index contributed by atoms with van der Waals surface area (Å²) in [7, 11) is 0. The van der Waals surface area contributed by atoms with Gasteiger partial charge in [-0.25, -0.2) is 14.6 Å². The number of hydrogen-bond donors (Lipinski definition) is 2. The highest BCUT2D eigenvalue weighted by atomic mass is 15.4. The van der Waals surface area contributed by atoms with Crippen LogP contribution < -0.4 is 5.73 Å². The SMILES string of the molecule is N=CC=C(N)Cc1cnc2nnn(Cc3ccc4ncccc4c3)c2n1. The molecule has 0 spiro atoms. The molecular formula is C18H16N8. The smallest absolute Gasteiger partial charge is 0.221 e. The first kappa shape index (κ1) is 15.8. The molecule has 1 aromatic carbocycles. The Morgan fingerprint density at radius 1 is 1.23 bits per heavy atom.